The Balaban J connectivity index is 2.06. The molecule has 2 atom stereocenters. The van der Waals surface area contributed by atoms with Crippen molar-refractivity contribution in [1.29, 1.82) is 0 Å². The molecule has 1 aliphatic rings. The minimum atomic E-state index is -0.122. The highest BCUT2D eigenvalue weighted by molar-refractivity contribution is 5.73. The van der Waals surface area contributed by atoms with E-state index < -0.39 is 0 Å². The lowest BCUT2D eigenvalue weighted by Gasteiger charge is -2.18. The van der Waals surface area contributed by atoms with E-state index in [-0.39, 0.29) is 12.1 Å². The molecule has 1 heterocycles. The number of nitrogens with one attached hydrogen (secondary N) is 2. The van der Waals surface area contributed by atoms with E-state index in [1.807, 2.05) is 0 Å². The number of hydrogen-bond acceptors (Lipinski definition) is 3. The van der Waals surface area contributed by atoms with E-state index >= 15 is 0 Å². The third-order valence-electron chi connectivity index (χ3n) is 2.88. The van der Waals surface area contributed by atoms with Crippen molar-refractivity contribution in [3.05, 3.63) is 0 Å². The minimum absolute atomic E-state index is 0.000532. The molecule has 16 heavy (non-hydrogen) atoms. The van der Waals surface area contributed by atoms with Gasteiger partial charge in [-0.05, 0) is 12.8 Å². The molecule has 0 aromatic heterocycles. The van der Waals surface area contributed by atoms with Crippen LogP contribution in [-0.4, -0.2) is 38.4 Å². The van der Waals surface area contributed by atoms with Crippen LogP contribution < -0.4 is 16.4 Å². The molecule has 0 radical (unpaired) electrons. The van der Waals surface area contributed by atoms with Gasteiger partial charge in [0.15, 0.2) is 0 Å². The van der Waals surface area contributed by atoms with Crippen LogP contribution in [0.15, 0.2) is 0 Å². The van der Waals surface area contributed by atoms with E-state index in [2.05, 4.69) is 17.6 Å². The van der Waals surface area contributed by atoms with Gasteiger partial charge in [-0.15, -0.1) is 0 Å². The molecule has 2 unspecified atom stereocenters. The molecule has 0 aromatic rings. The summed E-state index contributed by atoms with van der Waals surface area (Å²) >= 11 is 0. The molecule has 94 valence electrons. The van der Waals surface area contributed by atoms with Gasteiger partial charge in [-0.1, -0.05) is 13.3 Å². The number of amides is 2. The number of hydrogen-bond donors (Lipinski definition) is 3. The van der Waals surface area contributed by atoms with Gasteiger partial charge in [0, 0.05) is 31.7 Å². The Bertz CT molecular complexity index is 205. The second kappa shape index (κ2) is 7.46. The van der Waals surface area contributed by atoms with Crippen LogP contribution in [0, 0.1) is 5.92 Å². The van der Waals surface area contributed by atoms with Crippen LogP contribution in [0.5, 0.6) is 0 Å². The Kier molecular flexibility index (Phi) is 6.18. The molecule has 0 aromatic carbocycles. The fourth-order valence-electron chi connectivity index (χ4n) is 1.71. The molecule has 0 saturated carbocycles. The number of nitrogens with two attached hydrogens (primary N) is 1. The predicted molar refractivity (Wildman–Crippen MR) is 63.2 cm³/mol. The Morgan fingerprint density at radius 3 is 3.00 bits per heavy atom. The zero-order valence-electron chi connectivity index (χ0n) is 10.00. The minimum Gasteiger partial charge on any atom is -0.381 e. The first-order valence-corrected chi connectivity index (χ1v) is 6.09. The number of unbranched alkanes of at least 4 members (excludes halogenated alkanes) is 1. The average Bonchev–Trinajstić information content (AvgIpc) is 2.79. The zero-order chi connectivity index (χ0) is 11.8. The Morgan fingerprint density at radius 2 is 2.38 bits per heavy atom. The summed E-state index contributed by atoms with van der Waals surface area (Å²) in [6.45, 7) is 4.85. The molecule has 1 aliphatic heterocycles. The normalized spacial score (nSPS) is 21.8. The van der Waals surface area contributed by atoms with Gasteiger partial charge >= 0.3 is 6.03 Å². The molecular formula is C11H23N3O2. The Labute approximate surface area is 97.1 Å². The van der Waals surface area contributed by atoms with Crippen molar-refractivity contribution in [2.45, 2.75) is 32.2 Å². The molecule has 1 fully saturated rings. The van der Waals surface area contributed by atoms with Gasteiger partial charge in [-0.25, -0.2) is 4.79 Å². The lowest BCUT2D eigenvalue weighted by atomic mass is 10.0. The highest BCUT2D eigenvalue weighted by Crippen LogP contribution is 2.14. The summed E-state index contributed by atoms with van der Waals surface area (Å²) in [6, 6.07) is -0.123. The first kappa shape index (κ1) is 13.3. The zero-order valence-corrected chi connectivity index (χ0v) is 10.00. The van der Waals surface area contributed by atoms with Crippen LogP contribution in [0.1, 0.15) is 26.2 Å². The molecule has 5 nitrogen and oxygen atoms in total. The third-order valence-corrected chi connectivity index (χ3v) is 2.88. The fraction of sp³-hybridized carbons (Fsp3) is 0.909. The molecule has 1 rings (SSSR count). The second-order valence-corrected chi connectivity index (χ2v) is 4.28. The highest BCUT2D eigenvalue weighted by Gasteiger charge is 2.22. The van der Waals surface area contributed by atoms with Crippen molar-refractivity contribution in [3.63, 3.8) is 0 Å². The van der Waals surface area contributed by atoms with Crippen molar-refractivity contribution in [3.8, 4) is 0 Å². The summed E-state index contributed by atoms with van der Waals surface area (Å²) in [7, 11) is 0. The summed E-state index contributed by atoms with van der Waals surface area (Å²) in [4.78, 5) is 11.3. The van der Waals surface area contributed by atoms with Gasteiger partial charge in [-0.3, -0.25) is 0 Å². The van der Waals surface area contributed by atoms with Gasteiger partial charge in [0.25, 0.3) is 0 Å². The highest BCUT2D eigenvalue weighted by atomic mass is 16.5. The van der Waals surface area contributed by atoms with Crippen LogP contribution >= 0.6 is 0 Å². The summed E-state index contributed by atoms with van der Waals surface area (Å²) in [5.74, 6) is 0.385. The van der Waals surface area contributed by atoms with Gasteiger partial charge < -0.3 is 21.1 Å². The monoisotopic (exact) mass is 229 g/mol. The lowest BCUT2D eigenvalue weighted by Crippen LogP contribution is -2.45. The van der Waals surface area contributed by atoms with Crippen molar-refractivity contribution in [1.82, 2.24) is 10.6 Å². The molecule has 0 aliphatic carbocycles. The van der Waals surface area contributed by atoms with Crippen molar-refractivity contribution >= 4 is 6.03 Å². The van der Waals surface area contributed by atoms with Crippen LogP contribution in [-0.2, 0) is 4.74 Å². The van der Waals surface area contributed by atoms with E-state index in [1.54, 1.807) is 0 Å². The van der Waals surface area contributed by atoms with E-state index in [1.165, 1.54) is 0 Å². The summed E-state index contributed by atoms with van der Waals surface area (Å²) in [5, 5.41) is 5.58. The van der Waals surface area contributed by atoms with E-state index in [0.717, 1.165) is 39.0 Å². The number of ether oxygens (including phenoxy) is 1. The maximum Gasteiger partial charge on any atom is 0.314 e. The van der Waals surface area contributed by atoms with Crippen LogP contribution in [0.2, 0.25) is 0 Å². The Morgan fingerprint density at radius 1 is 1.56 bits per heavy atom. The standard InChI is InChI=1S/C11H23N3O2/c1-2-3-5-13-11(15)14-7-10(12)9-4-6-16-8-9/h9-10H,2-8,12H2,1H3,(H2,13,14,15). The molecule has 5 heteroatoms. The predicted octanol–water partition coefficient (Wildman–Crippen LogP) is 0.450. The number of rotatable bonds is 6. The topological polar surface area (TPSA) is 76.4 Å². The molecule has 2 amide bonds. The van der Waals surface area contributed by atoms with Crippen LogP contribution in [0.4, 0.5) is 4.79 Å². The number of carbonyl (C=O) groups excluding carboxylic acids is 1. The molecule has 0 spiro atoms. The summed E-state index contributed by atoms with van der Waals surface area (Å²) in [6.07, 6.45) is 3.09. The van der Waals surface area contributed by atoms with E-state index in [4.69, 9.17) is 10.5 Å². The largest absolute Gasteiger partial charge is 0.381 e. The summed E-state index contributed by atoms with van der Waals surface area (Å²) in [5.41, 5.74) is 5.96. The molecular weight excluding hydrogens is 206 g/mol. The summed E-state index contributed by atoms with van der Waals surface area (Å²) < 4.78 is 5.26. The number of urea groups is 1. The fourth-order valence-corrected chi connectivity index (χ4v) is 1.71. The van der Waals surface area contributed by atoms with E-state index in [0.29, 0.717) is 12.5 Å². The third kappa shape index (κ3) is 4.81. The van der Waals surface area contributed by atoms with Crippen LogP contribution in [0.25, 0.3) is 0 Å². The molecule has 4 N–H and O–H groups in total. The maximum atomic E-state index is 11.3. The van der Waals surface area contributed by atoms with Gasteiger partial charge in [0.2, 0.25) is 0 Å². The quantitative estimate of drug-likeness (QED) is 0.579. The van der Waals surface area contributed by atoms with Crippen molar-refractivity contribution in [2.75, 3.05) is 26.3 Å². The Hall–Kier alpha value is -0.810. The second-order valence-electron chi connectivity index (χ2n) is 4.28. The first-order chi connectivity index (χ1) is 7.74. The van der Waals surface area contributed by atoms with Crippen molar-refractivity contribution < 1.29 is 9.53 Å². The number of carbonyl (C=O) groups is 1. The van der Waals surface area contributed by atoms with Crippen LogP contribution in [0.3, 0.4) is 0 Å². The lowest BCUT2D eigenvalue weighted by molar-refractivity contribution is 0.180. The van der Waals surface area contributed by atoms with Gasteiger partial charge in [-0.2, -0.15) is 0 Å². The van der Waals surface area contributed by atoms with Gasteiger partial charge in [0.05, 0.1) is 6.61 Å². The average molecular weight is 229 g/mol. The maximum absolute atomic E-state index is 11.3. The molecule has 0 bridgehead atoms. The van der Waals surface area contributed by atoms with Crippen molar-refractivity contribution in [2.24, 2.45) is 11.7 Å². The smallest absolute Gasteiger partial charge is 0.314 e. The molecule has 1 saturated heterocycles. The van der Waals surface area contributed by atoms with Gasteiger partial charge in [0.1, 0.15) is 0 Å². The SMILES string of the molecule is CCCCNC(=O)NCC(N)C1CCOC1. The first-order valence-electron chi connectivity index (χ1n) is 6.09. The van der Waals surface area contributed by atoms with E-state index in [9.17, 15) is 4.79 Å².